The minimum Gasteiger partial charge on any atom is -0.454 e. The van der Waals surface area contributed by atoms with Gasteiger partial charge in [0.15, 0.2) is 11.5 Å². The monoisotopic (exact) mass is 565 g/mol. The molecule has 42 heavy (non-hydrogen) atoms. The van der Waals surface area contributed by atoms with Gasteiger partial charge in [0.2, 0.25) is 12.7 Å². The lowest BCUT2D eigenvalue weighted by molar-refractivity contribution is -0.139. The fourth-order valence-corrected chi connectivity index (χ4v) is 5.04. The number of nitrogens with one attached hydrogen (secondary N) is 1. The van der Waals surface area contributed by atoms with Crippen molar-refractivity contribution in [2.75, 3.05) is 23.6 Å². The minimum atomic E-state index is -1.23. The number of para-hydroxylation sites is 1. The predicted octanol–water partition coefficient (Wildman–Crippen LogP) is 4.49. The van der Waals surface area contributed by atoms with Crippen LogP contribution in [0.1, 0.15) is 27.5 Å². The molecule has 0 saturated carbocycles. The molecule has 0 radical (unpaired) electrons. The number of hydrogen-bond acceptors (Lipinski definition) is 6. The Balaban J connectivity index is 1.37. The van der Waals surface area contributed by atoms with Crippen molar-refractivity contribution in [1.29, 1.82) is 0 Å². The first-order valence-electron chi connectivity index (χ1n) is 13.1. The van der Waals surface area contributed by atoms with E-state index in [0.29, 0.717) is 28.4 Å². The van der Waals surface area contributed by atoms with Crippen LogP contribution in [0.25, 0.3) is 0 Å². The highest BCUT2D eigenvalue weighted by atomic mass is 19.1. The van der Waals surface area contributed by atoms with Crippen molar-refractivity contribution in [3.63, 3.8) is 0 Å². The number of benzene rings is 4. The Hall–Kier alpha value is -5.51. The van der Waals surface area contributed by atoms with E-state index in [-0.39, 0.29) is 18.9 Å². The fourth-order valence-electron chi connectivity index (χ4n) is 5.04. The minimum absolute atomic E-state index is 0.00605. The van der Waals surface area contributed by atoms with Crippen LogP contribution >= 0.6 is 0 Å². The molecule has 1 atom stereocenters. The molecule has 4 aromatic rings. The standard InChI is InChI=1S/C32H24FN3O6/c33-22-12-10-21(11-13-22)29(31(39)34-23-14-15-26-27(16-23)42-19-41-26)36(17-20-6-2-1-3-7-20)28(37)18-35-25-9-5-4-8-24(25)30(38)32(35)40/h1-16,29H,17-19H2,(H,34,39). The molecule has 3 amide bonds. The number of Topliss-reactive ketones (excluding diaryl/α,β-unsaturated/α-hetero) is 1. The van der Waals surface area contributed by atoms with Crippen molar-refractivity contribution in [2.45, 2.75) is 12.6 Å². The van der Waals surface area contributed by atoms with E-state index in [4.69, 9.17) is 9.47 Å². The Bertz CT molecular complexity index is 1690. The largest absolute Gasteiger partial charge is 0.454 e. The first-order valence-corrected chi connectivity index (χ1v) is 13.1. The second-order valence-corrected chi connectivity index (χ2v) is 9.76. The summed E-state index contributed by atoms with van der Waals surface area (Å²) in [5.74, 6) is -2.21. The molecule has 6 rings (SSSR count). The Kier molecular flexibility index (Phi) is 7.10. The lowest BCUT2D eigenvalue weighted by atomic mass is 10.0. The number of rotatable bonds is 8. The van der Waals surface area contributed by atoms with Gasteiger partial charge < -0.3 is 19.7 Å². The van der Waals surface area contributed by atoms with Crippen LogP contribution in [0.3, 0.4) is 0 Å². The first kappa shape index (κ1) is 26.7. The summed E-state index contributed by atoms with van der Waals surface area (Å²) >= 11 is 0. The Morgan fingerprint density at radius 2 is 1.60 bits per heavy atom. The van der Waals surface area contributed by atoms with Gasteiger partial charge in [-0.05, 0) is 47.5 Å². The highest BCUT2D eigenvalue weighted by Crippen LogP contribution is 2.35. The fraction of sp³-hybridized carbons (Fsp3) is 0.125. The van der Waals surface area contributed by atoms with Crippen LogP contribution < -0.4 is 19.7 Å². The maximum absolute atomic E-state index is 14.1. The van der Waals surface area contributed by atoms with Crippen LogP contribution in [0, 0.1) is 5.82 Å². The normalized spacial score (nSPS) is 14.0. The summed E-state index contributed by atoms with van der Waals surface area (Å²) in [6.45, 7) is -0.428. The molecule has 1 N–H and O–H groups in total. The van der Waals surface area contributed by atoms with Gasteiger partial charge in [0.25, 0.3) is 17.6 Å². The molecule has 4 aromatic carbocycles. The molecular weight excluding hydrogens is 541 g/mol. The topological polar surface area (TPSA) is 105 Å². The van der Waals surface area contributed by atoms with E-state index in [1.807, 2.05) is 6.07 Å². The molecule has 210 valence electrons. The zero-order valence-electron chi connectivity index (χ0n) is 22.2. The van der Waals surface area contributed by atoms with E-state index in [0.717, 1.165) is 10.5 Å². The van der Waals surface area contributed by atoms with E-state index in [2.05, 4.69) is 5.32 Å². The molecule has 1 unspecified atom stereocenters. The van der Waals surface area contributed by atoms with Crippen LogP contribution in [-0.2, 0) is 20.9 Å². The van der Waals surface area contributed by atoms with Gasteiger partial charge in [-0.2, -0.15) is 0 Å². The van der Waals surface area contributed by atoms with Crippen LogP contribution in [0.15, 0.2) is 97.1 Å². The van der Waals surface area contributed by atoms with Gasteiger partial charge in [-0.25, -0.2) is 4.39 Å². The molecule has 0 fully saturated rings. The van der Waals surface area contributed by atoms with Crippen molar-refractivity contribution in [3.05, 3.63) is 120 Å². The Morgan fingerprint density at radius 3 is 2.38 bits per heavy atom. The molecule has 10 heteroatoms. The van der Waals surface area contributed by atoms with Crippen molar-refractivity contribution < 1.29 is 33.0 Å². The number of hydrogen-bond donors (Lipinski definition) is 1. The lowest BCUT2D eigenvalue weighted by Crippen LogP contribution is -2.46. The summed E-state index contributed by atoms with van der Waals surface area (Å²) in [6.07, 6.45) is 0. The van der Waals surface area contributed by atoms with Gasteiger partial charge >= 0.3 is 0 Å². The smallest absolute Gasteiger partial charge is 0.299 e. The van der Waals surface area contributed by atoms with Crippen LogP contribution in [0.5, 0.6) is 11.5 Å². The number of amides is 3. The number of nitrogens with zero attached hydrogens (tertiary/aromatic N) is 2. The van der Waals surface area contributed by atoms with Crippen molar-refractivity contribution in [3.8, 4) is 11.5 Å². The highest BCUT2D eigenvalue weighted by Gasteiger charge is 2.39. The van der Waals surface area contributed by atoms with Crippen molar-refractivity contribution in [2.24, 2.45) is 0 Å². The highest BCUT2D eigenvalue weighted by molar-refractivity contribution is 6.52. The Labute approximate surface area is 240 Å². The summed E-state index contributed by atoms with van der Waals surface area (Å²) in [5, 5.41) is 2.83. The quantitative estimate of drug-likeness (QED) is 0.316. The van der Waals surface area contributed by atoms with Gasteiger partial charge in [0, 0.05) is 18.3 Å². The van der Waals surface area contributed by atoms with E-state index in [1.54, 1.807) is 60.7 Å². The molecular formula is C32H24FN3O6. The molecule has 2 aliphatic heterocycles. The SMILES string of the molecule is O=C1C(=O)N(CC(=O)N(Cc2ccccc2)C(C(=O)Nc2ccc3c(c2)OCO3)c2ccc(F)cc2)c2ccccc21. The molecule has 2 heterocycles. The molecule has 0 spiro atoms. The van der Waals surface area contributed by atoms with E-state index >= 15 is 0 Å². The van der Waals surface area contributed by atoms with Crippen molar-refractivity contribution in [1.82, 2.24) is 4.90 Å². The average molecular weight is 566 g/mol. The van der Waals surface area contributed by atoms with E-state index in [9.17, 15) is 23.6 Å². The molecule has 0 saturated heterocycles. The summed E-state index contributed by atoms with van der Waals surface area (Å²) in [5.41, 5.74) is 2.00. The number of ether oxygens (including phenoxy) is 2. The van der Waals surface area contributed by atoms with E-state index in [1.165, 1.54) is 35.2 Å². The summed E-state index contributed by atoms with van der Waals surface area (Å²) in [4.78, 5) is 56.0. The van der Waals surface area contributed by atoms with Crippen LogP contribution in [0.2, 0.25) is 0 Å². The van der Waals surface area contributed by atoms with Gasteiger partial charge in [0.1, 0.15) is 18.4 Å². The molecule has 0 bridgehead atoms. The summed E-state index contributed by atoms with van der Waals surface area (Å²) < 4.78 is 24.7. The summed E-state index contributed by atoms with van der Waals surface area (Å²) in [7, 11) is 0. The third-order valence-electron chi connectivity index (χ3n) is 7.07. The zero-order valence-corrected chi connectivity index (χ0v) is 22.2. The maximum atomic E-state index is 14.1. The van der Waals surface area contributed by atoms with Gasteiger partial charge in [-0.15, -0.1) is 0 Å². The number of fused-ring (bicyclic) bond motifs is 2. The third kappa shape index (κ3) is 5.17. The predicted molar refractivity (Wildman–Crippen MR) is 150 cm³/mol. The Morgan fingerprint density at radius 1 is 0.881 bits per heavy atom. The number of halogens is 1. The first-order chi connectivity index (χ1) is 20.4. The maximum Gasteiger partial charge on any atom is 0.299 e. The van der Waals surface area contributed by atoms with Crippen LogP contribution in [-0.4, -0.2) is 41.7 Å². The summed E-state index contributed by atoms with van der Waals surface area (Å²) in [6, 6.07) is 24.4. The average Bonchev–Trinajstić information content (AvgIpc) is 3.56. The second kappa shape index (κ2) is 11.2. The van der Waals surface area contributed by atoms with Gasteiger partial charge in [-0.3, -0.25) is 24.1 Å². The number of carbonyl (C=O) groups is 4. The number of carbonyl (C=O) groups excluding carboxylic acids is 4. The van der Waals surface area contributed by atoms with E-state index < -0.39 is 41.9 Å². The number of anilines is 2. The van der Waals surface area contributed by atoms with Crippen LogP contribution in [0.4, 0.5) is 15.8 Å². The van der Waals surface area contributed by atoms with Crippen molar-refractivity contribution >= 4 is 34.9 Å². The zero-order chi connectivity index (χ0) is 29.2. The number of ketones is 1. The lowest BCUT2D eigenvalue weighted by Gasteiger charge is -2.33. The molecule has 0 aromatic heterocycles. The molecule has 2 aliphatic rings. The second-order valence-electron chi connectivity index (χ2n) is 9.76. The van der Waals surface area contributed by atoms with Gasteiger partial charge in [0.05, 0.1) is 11.3 Å². The third-order valence-corrected chi connectivity index (χ3v) is 7.07. The molecule has 0 aliphatic carbocycles. The van der Waals surface area contributed by atoms with Gasteiger partial charge in [-0.1, -0.05) is 54.6 Å². The molecule has 9 nitrogen and oxygen atoms in total.